The van der Waals surface area contributed by atoms with Gasteiger partial charge in [-0.2, -0.15) is 5.10 Å². The Hall–Kier alpha value is -2.14. The quantitative estimate of drug-likeness (QED) is 0.857. The molecule has 1 amide bonds. The topological polar surface area (TPSA) is 64.2 Å². The van der Waals surface area contributed by atoms with Gasteiger partial charge in [-0.3, -0.25) is 14.4 Å². The molecular formula is C23H32N4O. The summed E-state index contributed by atoms with van der Waals surface area (Å²) in [6.45, 7) is 2.58. The molecule has 1 aromatic heterocycles. The first-order valence-electron chi connectivity index (χ1n) is 10.7. The maximum Gasteiger partial charge on any atom is 0.221 e. The van der Waals surface area contributed by atoms with Crippen LogP contribution >= 0.6 is 0 Å². The molecule has 2 aromatic rings. The van der Waals surface area contributed by atoms with Crippen molar-refractivity contribution < 1.29 is 4.79 Å². The van der Waals surface area contributed by atoms with E-state index >= 15 is 0 Å². The first-order valence-corrected chi connectivity index (χ1v) is 10.7. The number of nitrogens with zero attached hydrogens (tertiary/aromatic N) is 3. The summed E-state index contributed by atoms with van der Waals surface area (Å²) >= 11 is 0. The predicted molar refractivity (Wildman–Crippen MR) is 112 cm³/mol. The van der Waals surface area contributed by atoms with Crippen molar-refractivity contribution in [2.24, 2.45) is 18.7 Å². The second kappa shape index (κ2) is 8.48. The maximum atomic E-state index is 11.6. The van der Waals surface area contributed by atoms with E-state index in [0.717, 1.165) is 44.1 Å². The molecule has 1 saturated heterocycles. The van der Waals surface area contributed by atoms with Gasteiger partial charge in [0.1, 0.15) is 0 Å². The number of nitrogens with two attached hydrogens (primary N) is 1. The fraction of sp³-hybridized carbons (Fsp3) is 0.565. The van der Waals surface area contributed by atoms with Crippen LogP contribution in [-0.2, 0) is 18.4 Å². The zero-order chi connectivity index (χ0) is 19.5. The predicted octanol–water partition coefficient (Wildman–Crippen LogP) is 3.83. The molecule has 1 atom stereocenters. The van der Waals surface area contributed by atoms with Gasteiger partial charge in [0.2, 0.25) is 5.91 Å². The number of aromatic nitrogens is 2. The summed E-state index contributed by atoms with van der Waals surface area (Å²) in [4.78, 5) is 13.9. The summed E-state index contributed by atoms with van der Waals surface area (Å²) < 4.78 is 1.90. The molecule has 0 unspecified atom stereocenters. The van der Waals surface area contributed by atoms with Crippen LogP contribution in [0.15, 0.2) is 30.5 Å². The molecule has 4 rings (SSSR count). The molecule has 150 valence electrons. The summed E-state index contributed by atoms with van der Waals surface area (Å²) in [5.74, 6) is 0.531. The number of hydrogen-bond donors (Lipinski definition) is 1. The highest BCUT2D eigenvalue weighted by Crippen LogP contribution is 2.34. The fourth-order valence-corrected chi connectivity index (χ4v) is 4.92. The van der Waals surface area contributed by atoms with E-state index < -0.39 is 0 Å². The van der Waals surface area contributed by atoms with Crippen LogP contribution in [0.3, 0.4) is 0 Å². The van der Waals surface area contributed by atoms with Crippen molar-refractivity contribution in [2.45, 2.75) is 57.4 Å². The molecule has 1 aliphatic heterocycles. The van der Waals surface area contributed by atoms with Crippen LogP contribution in [0.2, 0.25) is 0 Å². The minimum atomic E-state index is -0.172. The second-order valence-corrected chi connectivity index (χ2v) is 8.61. The monoisotopic (exact) mass is 380 g/mol. The van der Waals surface area contributed by atoms with Crippen LogP contribution in [0, 0.1) is 5.92 Å². The molecule has 28 heavy (non-hydrogen) atoms. The Morgan fingerprint density at radius 3 is 2.57 bits per heavy atom. The molecular weight excluding hydrogens is 348 g/mol. The van der Waals surface area contributed by atoms with Crippen molar-refractivity contribution in [2.75, 3.05) is 13.1 Å². The molecule has 0 radical (unpaired) electrons. The highest BCUT2D eigenvalue weighted by molar-refractivity contribution is 5.77. The summed E-state index contributed by atoms with van der Waals surface area (Å²) in [5.41, 5.74) is 10.5. The molecule has 2 heterocycles. The zero-order valence-corrected chi connectivity index (χ0v) is 16.9. The Bertz CT molecular complexity index is 805. The highest BCUT2D eigenvalue weighted by Gasteiger charge is 2.25. The summed E-state index contributed by atoms with van der Waals surface area (Å²) in [5, 5.41) is 4.74. The van der Waals surface area contributed by atoms with Crippen LogP contribution in [0.4, 0.5) is 0 Å². The van der Waals surface area contributed by atoms with Crippen LogP contribution < -0.4 is 5.73 Å². The van der Waals surface area contributed by atoms with Crippen molar-refractivity contribution in [3.05, 3.63) is 41.6 Å². The normalized spacial score (nSPS) is 21.7. The molecule has 1 aromatic carbocycles. The van der Waals surface area contributed by atoms with Gasteiger partial charge in [-0.15, -0.1) is 0 Å². The summed E-state index contributed by atoms with van der Waals surface area (Å²) in [7, 11) is 1.98. The van der Waals surface area contributed by atoms with Crippen molar-refractivity contribution in [1.82, 2.24) is 14.7 Å². The van der Waals surface area contributed by atoms with Gasteiger partial charge in [0, 0.05) is 37.5 Å². The van der Waals surface area contributed by atoms with Gasteiger partial charge < -0.3 is 5.73 Å². The van der Waals surface area contributed by atoms with Gasteiger partial charge in [0.15, 0.2) is 0 Å². The van der Waals surface area contributed by atoms with E-state index in [9.17, 15) is 4.79 Å². The van der Waals surface area contributed by atoms with E-state index in [-0.39, 0.29) is 11.8 Å². The molecule has 0 spiro atoms. The van der Waals surface area contributed by atoms with Crippen molar-refractivity contribution in [1.29, 1.82) is 0 Å². The number of carbonyl (C=O) groups is 1. The Kier molecular flexibility index (Phi) is 5.81. The van der Waals surface area contributed by atoms with E-state index in [1.807, 2.05) is 11.7 Å². The third kappa shape index (κ3) is 4.30. The van der Waals surface area contributed by atoms with Crippen molar-refractivity contribution in [3.8, 4) is 11.3 Å². The third-order valence-corrected chi connectivity index (χ3v) is 6.47. The Labute approximate surface area is 167 Å². The molecule has 5 heteroatoms. The molecule has 2 aliphatic rings. The SMILES string of the molecule is Cn1cc(CN2CCC[C@H](C(N)=O)C2)c(-c2ccc(C3CCCCC3)cc2)n1. The molecule has 2 fully saturated rings. The summed E-state index contributed by atoms with van der Waals surface area (Å²) in [6, 6.07) is 9.07. The van der Waals surface area contributed by atoms with Crippen LogP contribution in [0.1, 0.15) is 62.0 Å². The average molecular weight is 381 g/mol. The van der Waals surface area contributed by atoms with E-state index in [2.05, 4.69) is 35.4 Å². The minimum absolute atomic E-state index is 0.0244. The molecule has 1 saturated carbocycles. The van der Waals surface area contributed by atoms with Gasteiger partial charge in [0.05, 0.1) is 11.6 Å². The number of aryl methyl sites for hydroxylation is 1. The second-order valence-electron chi connectivity index (χ2n) is 8.61. The van der Waals surface area contributed by atoms with Gasteiger partial charge in [-0.1, -0.05) is 43.5 Å². The minimum Gasteiger partial charge on any atom is -0.369 e. The van der Waals surface area contributed by atoms with Crippen LogP contribution in [0.25, 0.3) is 11.3 Å². The smallest absolute Gasteiger partial charge is 0.221 e. The van der Waals surface area contributed by atoms with Gasteiger partial charge in [0.25, 0.3) is 0 Å². The largest absolute Gasteiger partial charge is 0.369 e. The molecule has 2 N–H and O–H groups in total. The maximum absolute atomic E-state index is 11.6. The molecule has 1 aliphatic carbocycles. The zero-order valence-electron chi connectivity index (χ0n) is 16.9. The van der Waals surface area contributed by atoms with Crippen LogP contribution in [0.5, 0.6) is 0 Å². The number of carbonyl (C=O) groups excluding carboxylic acids is 1. The first-order chi connectivity index (χ1) is 13.6. The number of hydrogen-bond acceptors (Lipinski definition) is 3. The molecule has 5 nitrogen and oxygen atoms in total. The number of amides is 1. The Morgan fingerprint density at radius 2 is 1.86 bits per heavy atom. The van der Waals surface area contributed by atoms with E-state index in [1.54, 1.807) is 0 Å². The van der Waals surface area contributed by atoms with E-state index in [0.29, 0.717) is 0 Å². The van der Waals surface area contributed by atoms with Crippen LogP contribution in [-0.4, -0.2) is 33.7 Å². The lowest BCUT2D eigenvalue weighted by atomic mass is 9.84. The first kappa shape index (κ1) is 19.2. The molecule has 0 bridgehead atoms. The van der Waals surface area contributed by atoms with Gasteiger partial charge in [-0.05, 0) is 43.7 Å². The van der Waals surface area contributed by atoms with E-state index in [1.165, 1.54) is 48.8 Å². The lowest BCUT2D eigenvalue weighted by Crippen LogP contribution is -2.40. The number of primary amides is 1. The van der Waals surface area contributed by atoms with Crippen molar-refractivity contribution in [3.63, 3.8) is 0 Å². The lowest BCUT2D eigenvalue weighted by molar-refractivity contribution is -0.123. The van der Waals surface area contributed by atoms with Gasteiger partial charge in [-0.25, -0.2) is 0 Å². The van der Waals surface area contributed by atoms with Crippen molar-refractivity contribution >= 4 is 5.91 Å². The number of benzene rings is 1. The third-order valence-electron chi connectivity index (χ3n) is 6.47. The average Bonchev–Trinajstić information content (AvgIpc) is 3.09. The number of likely N-dealkylation sites (tertiary alicyclic amines) is 1. The Balaban J connectivity index is 1.50. The standard InChI is InChI=1S/C23H32N4O/c1-26-14-21(16-27-13-5-8-20(15-27)23(24)28)22(25-26)19-11-9-18(10-12-19)17-6-3-2-4-7-17/h9-12,14,17,20H,2-8,13,15-16H2,1H3,(H2,24,28)/t20-/m0/s1. The lowest BCUT2D eigenvalue weighted by Gasteiger charge is -2.31. The van der Waals surface area contributed by atoms with Gasteiger partial charge >= 0.3 is 0 Å². The highest BCUT2D eigenvalue weighted by atomic mass is 16.1. The number of rotatable bonds is 5. The Morgan fingerprint density at radius 1 is 1.11 bits per heavy atom. The number of piperidine rings is 1. The summed E-state index contributed by atoms with van der Waals surface area (Å²) in [6.07, 6.45) is 10.8. The van der Waals surface area contributed by atoms with E-state index in [4.69, 9.17) is 10.8 Å². The fourth-order valence-electron chi connectivity index (χ4n) is 4.92.